The van der Waals surface area contributed by atoms with E-state index in [2.05, 4.69) is 175 Å². The Labute approximate surface area is 360 Å². The van der Waals surface area contributed by atoms with Crippen molar-refractivity contribution in [3.05, 3.63) is 236 Å². The number of rotatable bonds is 7. The molecule has 11 rings (SSSR count). The van der Waals surface area contributed by atoms with Crippen LogP contribution in [0.25, 0.3) is 116 Å². The lowest BCUT2D eigenvalue weighted by atomic mass is 9.84. The average Bonchev–Trinajstić information content (AvgIpc) is 3.36. The van der Waals surface area contributed by atoms with Gasteiger partial charge in [-0.1, -0.05) is 218 Å². The highest BCUT2D eigenvalue weighted by molar-refractivity contribution is 6.27. The third kappa shape index (κ3) is 6.57. The predicted molar refractivity (Wildman–Crippen MR) is 259 cm³/mol. The molecule has 10 aromatic carbocycles. The van der Waals surface area contributed by atoms with Crippen LogP contribution in [0.3, 0.4) is 0 Å². The van der Waals surface area contributed by atoms with Gasteiger partial charge in [-0.2, -0.15) is 0 Å². The van der Waals surface area contributed by atoms with E-state index in [1.54, 1.807) is 0 Å². The van der Waals surface area contributed by atoms with Gasteiger partial charge >= 0.3 is 0 Å². The lowest BCUT2D eigenvalue weighted by Gasteiger charge is -2.19. The fourth-order valence-corrected chi connectivity index (χ4v) is 8.95. The number of hydrogen-bond donors (Lipinski definition) is 0. The lowest BCUT2D eigenvalue weighted by Crippen LogP contribution is -1.97. The Morgan fingerprint density at radius 3 is 1.50 bits per heavy atom. The molecule has 0 aliphatic rings. The molecular weight excluding hydrogens is 751 g/mol. The van der Waals surface area contributed by atoms with Crippen molar-refractivity contribution in [2.45, 2.75) is 0 Å². The maximum atomic E-state index is 7.42. The molecule has 0 aliphatic carbocycles. The standard InChI is InChI=1S/C59H37N3/c1-60-47-35-32-42(33-36-47)48-19-10-11-21-50(48)55-38-54(61-59(62-55)46-17-6-3-7-18-46)43-28-24-39(25-29-43)40-26-30-45(31-27-40)57-52-23-13-12-22-51(52)56(44-15-4-2-5-16-44)53-37-34-41-14-8-9-20-49(41)58(53)57/h2-38H. The lowest BCUT2D eigenvalue weighted by molar-refractivity contribution is 1.18. The van der Waals surface area contributed by atoms with E-state index in [4.69, 9.17) is 16.5 Å². The zero-order chi connectivity index (χ0) is 41.4. The van der Waals surface area contributed by atoms with Crippen molar-refractivity contribution in [2.75, 3.05) is 0 Å². The van der Waals surface area contributed by atoms with Gasteiger partial charge in [0.15, 0.2) is 11.5 Å². The van der Waals surface area contributed by atoms with Crippen molar-refractivity contribution in [1.29, 1.82) is 0 Å². The molecule has 0 bridgehead atoms. The molecule has 3 nitrogen and oxygen atoms in total. The molecule has 288 valence electrons. The molecule has 3 heteroatoms. The van der Waals surface area contributed by atoms with Gasteiger partial charge in [-0.3, -0.25) is 0 Å². The second-order valence-electron chi connectivity index (χ2n) is 15.6. The molecule has 0 amide bonds. The summed E-state index contributed by atoms with van der Waals surface area (Å²) in [7, 11) is 0. The Balaban J connectivity index is 0.994. The minimum atomic E-state index is 0.617. The first-order valence-corrected chi connectivity index (χ1v) is 20.8. The summed E-state index contributed by atoms with van der Waals surface area (Å²) in [4.78, 5) is 13.8. The molecule has 11 aromatic rings. The topological polar surface area (TPSA) is 30.1 Å². The van der Waals surface area contributed by atoms with Crippen LogP contribution in [0, 0.1) is 6.57 Å². The van der Waals surface area contributed by atoms with E-state index in [0.717, 1.165) is 50.3 Å². The van der Waals surface area contributed by atoms with Crippen LogP contribution in [0.5, 0.6) is 0 Å². The molecule has 0 unspecified atom stereocenters. The molecule has 0 aliphatic heterocycles. The summed E-state index contributed by atoms with van der Waals surface area (Å²) in [5, 5.41) is 7.51. The molecule has 0 saturated heterocycles. The van der Waals surface area contributed by atoms with E-state index in [9.17, 15) is 0 Å². The summed E-state index contributed by atoms with van der Waals surface area (Å²) in [6.45, 7) is 7.42. The molecule has 1 heterocycles. The van der Waals surface area contributed by atoms with E-state index in [1.165, 1.54) is 54.6 Å². The zero-order valence-corrected chi connectivity index (χ0v) is 33.7. The average molecular weight is 788 g/mol. The van der Waals surface area contributed by atoms with E-state index < -0.39 is 0 Å². The number of fused-ring (bicyclic) bond motifs is 4. The Bertz CT molecular complexity index is 3480. The van der Waals surface area contributed by atoms with Crippen molar-refractivity contribution in [1.82, 2.24) is 9.97 Å². The monoisotopic (exact) mass is 787 g/mol. The highest BCUT2D eigenvalue weighted by Gasteiger charge is 2.19. The maximum absolute atomic E-state index is 7.42. The number of hydrogen-bond acceptors (Lipinski definition) is 2. The fourth-order valence-electron chi connectivity index (χ4n) is 8.95. The molecular formula is C59H37N3. The number of benzene rings is 10. The summed E-state index contributed by atoms with van der Waals surface area (Å²) < 4.78 is 0. The van der Waals surface area contributed by atoms with Crippen LogP contribution in [-0.2, 0) is 0 Å². The smallest absolute Gasteiger partial charge is 0.187 e. The van der Waals surface area contributed by atoms with Gasteiger partial charge in [0, 0.05) is 16.7 Å². The van der Waals surface area contributed by atoms with Gasteiger partial charge < -0.3 is 0 Å². The third-order valence-electron chi connectivity index (χ3n) is 11.9. The van der Waals surface area contributed by atoms with E-state index >= 15 is 0 Å². The van der Waals surface area contributed by atoms with Crippen LogP contribution < -0.4 is 0 Å². The van der Waals surface area contributed by atoms with Crippen LogP contribution in [0.1, 0.15) is 0 Å². The van der Waals surface area contributed by atoms with Crippen LogP contribution in [0.15, 0.2) is 224 Å². The minimum absolute atomic E-state index is 0.617. The first-order chi connectivity index (χ1) is 30.7. The highest BCUT2D eigenvalue weighted by Crippen LogP contribution is 2.46. The minimum Gasteiger partial charge on any atom is -0.238 e. The van der Waals surface area contributed by atoms with Crippen LogP contribution in [-0.4, -0.2) is 9.97 Å². The molecule has 0 spiro atoms. The molecule has 62 heavy (non-hydrogen) atoms. The first kappa shape index (κ1) is 36.6. The van der Waals surface area contributed by atoms with Gasteiger partial charge in [0.1, 0.15) is 0 Å². The molecule has 1 aromatic heterocycles. The van der Waals surface area contributed by atoms with Gasteiger partial charge in [0.25, 0.3) is 0 Å². The number of nitrogens with zero attached hydrogens (tertiary/aromatic N) is 3. The van der Waals surface area contributed by atoms with E-state index in [-0.39, 0.29) is 0 Å². The molecule has 0 radical (unpaired) electrons. The van der Waals surface area contributed by atoms with Gasteiger partial charge in [0.05, 0.1) is 18.0 Å². The van der Waals surface area contributed by atoms with Gasteiger partial charge in [-0.15, -0.1) is 0 Å². The molecule has 0 atom stereocenters. The van der Waals surface area contributed by atoms with Crippen molar-refractivity contribution in [3.8, 4) is 78.4 Å². The van der Waals surface area contributed by atoms with Crippen molar-refractivity contribution < 1.29 is 0 Å². The summed E-state index contributed by atoms with van der Waals surface area (Å²) >= 11 is 0. The van der Waals surface area contributed by atoms with Crippen molar-refractivity contribution in [2.24, 2.45) is 0 Å². The Hall–Kier alpha value is -8.45. The van der Waals surface area contributed by atoms with Crippen LogP contribution in [0.4, 0.5) is 5.69 Å². The third-order valence-corrected chi connectivity index (χ3v) is 11.9. The molecule has 0 N–H and O–H groups in total. The summed E-state index contributed by atoms with van der Waals surface area (Å²) in [6.07, 6.45) is 0. The second-order valence-corrected chi connectivity index (χ2v) is 15.6. The van der Waals surface area contributed by atoms with E-state index in [0.29, 0.717) is 11.5 Å². The quantitative estimate of drug-likeness (QED) is 0.0915. The highest BCUT2D eigenvalue weighted by atomic mass is 14.9. The number of aromatic nitrogens is 2. The normalized spacial score (nSPS) is 11.2. The van der Waals surface area contributed by atoms with Crippen LogP contribution in [0.2, 0.25) is 0 Å². The van der Waals surface area contributed by atoms with Crippen molar-refractivity contribution in [3.63, 3.8) is 0 Å². The van der Waals surface area contributed by atoms with Crippen LogP contribution >= 0.6 is 0 Å². The van der Waals surface area contributed by atoms with Gasteiger partial charge in [-0.25, -0.2) is 14.8 Å². The summed E-state index contributed by atoms with van der Waals surface area (Å²) in [5.74, 6) is 0.667. The predicted octanol–water partition coefficient (Wildman–Crippen LogP) is 16.2. The maximum Gasteiger partial charge on any atom is 0.187 e. The summed E-state index contributed by atoms with van der Waals surface area (Å²) in [6, 6.07) is 79.0. The second kappa shape index (κ2) is 15.6. The summed E-state index contributed by atoms with van der Waals surface area (Å²) in [5.41, 5.74) is 14.5. The van der Waals surface area contributed by atoms with Gasteiger partial charge in [0.2, 0.25) is 0 Å². The van der Waals surface area contributed by atoms with Crippen molar-refractivity contribution >= 4 is 38.0 Å². The largest absolute Gasteiger partial charge is 0.238 e. The molecule has 0 saturated carbocycles. The zero-order valence-electron chi connectivity index (χ0n) is 33.7. The Kier molecular flexibility index (Phi) is 9.23. The Morgan fingerprint density at radius 1 is 0.323 bits per heavy atom. The SMILES string of the molecule is [C-]#[N+]c1ccc(-c2ccccc2-c2cc(-c3ccc(-c4ccc(-c5c6ccccc6c(-c6ccccc6)c6ccc7ccccc7c56)cc4)cc3)nc(-c3ccccc3)n2)cc1. The van der Waals surface area contributed by atoms with Gasteiger partial charge in [-0.05, 0) is 82.9 Å². The van der Waals surface area contributed by atoms with E-state index in [1.807, 2.05) is 54.6 Å². The molecule has 0 fully saturated rings. The first-order valence-electron chi connectivity index (χ1n) is 20.8. The fraction of sp³-hybridized carbons (Fsp3) is 0. The Morgan fingerprint density at radius 2 is 0.823 bits per heavy atom.